The zero-order valence-electron chi connectivity index (χ0n) is 25.0. The Balaban J connectivity index is 2.09. The predicted molar refractivity (Wildman–Crippen MR) is 165 cm³/mol. The van der Waals surface area contributed by atoms with Gasteiger partial charge in [0.2, 0.25) is 5.62 Å². The highest BCUT2D eigenvalue weighted by molar-refractivity contribution is 9.08. The molecule has 1 aromatic heterocycles. The molecule has 6 heteroatoms. The number of Topliss-reactive ketones (excluding diaryl/α,β-unsaturated/α-hetero) is 1. The molecule has 1 N–H and O–H groups in total. The third kappa shape index (κ3) is 7.53. The summed E-state index contributed by atoms with van der Waals surface area (Å²) in [4.78, 5) is 14.0. The molecule has 5 nitrogen and oxygen atoms in total. The van der Waals surface area contributed by atoms with Crippen LogP contribution in [0.2, 0.25) is 0 Å². The van der Waals surface area contributed by atoms with E-state index in [1.807, 2.05) is 34.9 Å². The summed E-state index contributed by atoms with van der Waals surface area (Å²) < 4.78 is 8.70. The number of rotatable bonds is 10. The van der Waals surface area contributed by atoms with Crippen molar-refractivity contribution in [3.05, 3.63) is 82.2 Å². The fraction of sp³-hybridized carbons (Fsp3) is 0.515. The van der Waals surface area contributed by atoms with E-state index >= 15 is 0 Å². The molecule has 0 aliphatic carbocycles. The van der Waals surface area contributed by atoms with Crippen LogP contribution >= 0.6 is 16.1 Å². The topological polar surface area (TPSA) is 59.5 Å². The van der Waals surface area contributed by atoms with Crippen LogP contribution in [0.1, 0.15) is 107 Å². The third-order valence-corrected chi connectivity index (χ3v) is 8.05. The van der Waals surface area contributed by atoms with Crippen LogP contribution in [0.25, 0.3) is 0 Å². The van der Waals surface area contributed by atoms with Gasteiger partial charge < -0.3 is 14.2 Å². The van der Waals surface area contributed by atoms with E-state index in [9.17, 15) is 9.90 Å². The van der Waals surface area contributed by atoms with E-state index in [1.54, 1.807) is 0 Å². The predicted octanol–water partition coefficient (Wildman–Crippen LogP) is 8.10. The Labute approximate surface area is 243 Å². The minimum Gasteiger partial charge on any atom is -0.507 e. The summed E-state index contributed by atoms with van der Waals surface area (Å²) in [6, 6.07) is 14.1. The van der Waals surface area contributed by atoms with Crippen molar-refractivity contribution in [1.82, 2.24) is 9.13 Å². The van der Waals surface area contributed by atoms with Crippen molar-refractivity contribution in [2.45, 2.75) is 105 Å². The molecule has 3 rings (SSSR count). The van der Waals surface area contributed by atoms with Crippen LogP contribution in [0.5, 0.6) is 5.75 Å². The van der Waals surface area contributed by atoms with Crippen molar-refractivity contribution in [3.8, 4) is 5.75 Å². The van der Waals surface area contributed by atoms with E-state index in [0.717, 1.165) is 48.2 Å². The Morgan fingerprint density at radius 2 is 1.54 bits per heavy atom. The number of hydrogen-bond acceptors (Lipinski definition) is 3. The summed E-state index contributed by atoms with van der Waals surface area (Å²) in [6.07, 6.45) is 6.23. The van der Waals surface area contributed by atoms with Gasteiger partial charge in [0.1, 0.15) is 5.75 Å². The maximum Gasteiger partial charge on any atom is 0.217 e. The van der Waals surface area contributed by atoms with Crippen LogP contribution in [-0.2, 0) is 30.3 Å². The van der Waals surface area contributed by atoms with Gasteiger partial charge in [-0.1, -0.05) is 98.6 Å². The number of aryl methyl sites for hydroxylation is 1. The highest BCUT2D eigenvalue weighted by Gasteiger charge is 2.28. The molecule has 0 atom stereocenters. The molecule has 0 amide bonds. The summed E-state index contributed by atoms with van der Waals surface area (Å²) in [5.74, 6) is 0.944. The Hall–Kier alpha value is -2.60. The molecule has 3 aromatic rings. The van der Waals surface area contributed by atoms with Gasteiger partial charge in [-0.2, -0.15) is 4.02 Å². The first kappa shape index (κ1) is 30.9. The molecular weight excluding hydrogens is 550 g/mol. The van der Waals surface area contributed by atoms with E-state index in [1.165, 1.54) is 5.56 Å². The first-order chi connectivity index (χ1) is 18.3. The SMILES string of the molecule is CCC(CC)CCn1cc(Cc2ccccc2)n(CC(=O)c2cc(C(C)(C)C)c(O)c(C(C)(C)C)c2)c1=NBr. The number of phenolic OH excluding ortho intramolecular Hbond substituents is 1. The average molecular weight is 597 g/mol. The number of ketones is 1. The van der Waals surface area contributed by atoms with Gasteiger partial charge in [0.05, 0.1) is 22.7 Å². The number of imidazole rings is 1. The number of hydrogen-bond donors (Lipinski definition) is 1. The summed E-state index contributed by atoms with van der Waals surface area (Å²) >= 11 is 3.37. The Morgan fingerprint density at radius 1 is 0.974 bits per heavy atom. The number of carbonyl (C=O) groups excluding carboxylic acids is 1. The highest BCUT2D eigenvalue weighted by Crippen LogP contribution is 2.40. The van der Waals surface area contributed by atoms with Gasteiger partial charge in [-0.25, -0.2) is 0 Å². The summed E-state index contributed by atoms with van der Waals surface area (Å²) in [5.41, 5.74) is 4.57. The molecule has 0 saturated heterocycles. The zero-order chi connectivity index (χ0) is 29.0. The van der Waals surface area contributed by atoms with Crippen molar-refractivity contribution in [2.24, 2.45) is 9.94 Å². The van der Waals surface area contributed by atoms with Gasteiger partial charge in [-0.05, 0) is 40.9 Å². The monoisotopic (exact) mass is 595 g/mol. The van der Waals surface area contributed by atoms with Crippen molar-refractivity contribution >= 4 is 21.9 Å². The standard InChI is InChI=1S/C33H46BrN3O2/c1-9-23(10-2)16-17-36-21-26(18-24-14-12-11-13-15-24)37(31(36)35-34)22-29(38)25-19-27(32(3,4)5)30(39)28(20-25)33(6,7)8/h11-15,19-21,23,39H,9-10,16-18,22H2,1-8H3. The molecule has 0 aliphatic heterocycles. The lowest BCUT2D eigenvalue weighted by Gasteiger charge is -2.28. The Bertz CT molecular complexity index is 1300. The van der Waals surface area contributed by atoms with E-state index in [-0.39, 0.29) is 28.9 Å². The van der Waals surface area contributed by atoms with Crippen LogP contribution < -0.4 is 5.62 Å². The van der Waals surface area contributed by atoms with Crippen LogP contribution in [-0.4, -0.2) is 20.0 Å². The maximum atomic E-state index is 14.0. The summed E-state index contributed by atoms with van der Waals surface area (Å²) in [7, 11) is 0. The number of aromatic nitrogens is 2. The van der Waals surface area contributed by atoms with Crippen LogP contribution in [0.3, 0.4) is 0 Å². The van der Waals surface area contributed by atoms with E-state index in [2.05, 4.69) is 98.5 Å². The van der Waals surface area contributed by atoms with Crippen LogP contribution in [0.15, 0.2) is 52.7 Å². The number of carbonyl (C=O) groups is 1. The largest absolute Gasteiger partial charge is 0.507 e. The summed E-state index contributed by atoms with van der Waals surface area (Å²) in [6.45, 7) is 17.9. The minimum absolute atomic E-state index is 0.000421. The molecule has 0 spiro atoms. The normalized spacial score (nSPS) is 12.9. The molecule has 39 heavy (non-hydrogen) atoms. The van der Waals surface area contributed by atoms with Crippen LogP contribution in [0, 0.1) is 5.92 Å². The van der Waals surface area contributed by atoms with E-state index < -0.39 is 0 Å². The fourth-order valence-electron chi connectivity index (χ4n) is 5.16. The average Bonchev–Trinajstić information content (AvgIpc) is 3.19. The Kier molecular flexibility index (Phi) is 10.1. The van der Waals surface area contributed by atoms with Gasteiger partial charge in [0, 0.05) is 41.5 Å². The number of nitrogens with zero attached hydrogens (tertiary/aromatic N) is 3. The number of phenols is 1. The molecular formula is C33H46BrN3O2. The van der Waals surface area contributed by atoms with Crippen molar-refractivity contribution < 1.29 is 9.90 Å². The molecule has 0 radical (unpaired) electrons. The lowest BCUT2D eigenvalue weighted by molar-refractivity contribution is 0.0969. The molecule has 0 bridgehead atoms. The van der Waals surface area contributed by atoms with Crippen molar-refractivity contribution in [3.63, 3.8) is 0 Å². The molecule has 0 saturated carbocycles. The van der Waals surface area contributed by atoms with Crippen molar-refractivity contribution in [1.29, 1.82) is 0 Å². The second kappa shape index (κ2) is 12.7. The lowest BCUT2D eigenvalue weighted by atomic mass is 9.78. The van der Waals surface area contributed by atoms with E-state index in [0.29, 0.717) is 17.9 Å². The van der Waals surface area contributed by atoms with Gasteiger partial charge in [0.15, 0.2) is 5.78 Å². The number of aromatic hydroxyl groups is 1. The molecule has 1 heterocycles. The van der Waals surface area contributed by atoms with E-state index in [4.69, 9.17) is 0 Å². The molecule has 0 fully saturated rings. The first-order valence-corrected chi connectivity index (χ1v) is 14.9. The minimum atomic E-state index is -0.305. The highest BCUT2D eigenvalue weighted by atomic mass is 79.9. The van der Waals surface area contributed by atoms with Crippen molar-refractivity contribution in [2.75, 3.05) is 0 Å². The number of benzene rings is 2. The van der Waals surface area contributed by atoms with Gasteiger partial charge in [-0.3, -0.25) is 4.79 Å². The second-order valence-electron chi connectivity index (χ2n) is 12.8. The van der Waals surface area contributed by atoms with Crippen LogP contribution in [0.4, 0.5) is 0 Å². The van der Waals surface area contributed by atoms with Gasteiger partial charge in [0.25, 0.3) is 0 Å². The molecule has 0 aliphatic rings. The quantitative estimate of drug-likeness (QED) is 0.241. The van der Waals surface area contributed by atoms with Gasteiger partial charge >= 0.3 is 0 Å². The van der Waals surface area contributed by atoms with Gasteiger partial charge in [-0.15, -0.1) is 0 Å². The molecule has 212 valence electrons. The lowest BCUT2D eigenvalue weighted by Crippen LogP contribution is -2.29. The second-order valence-corrected chi connectivity index (χ2v) is 13.1. The fourth-order valence-corrected chi connectivity index (χ4v) is 5.56. The third-order valence-electron chi connectivity index (χ3n) is 7.74. The zero-order valence-corrected chi connectivity index (χ0v) is 26.6. The first-order valence-electron chi connectivity index (χ1n) is 14.2. The maximum absolute atomic E-state index is 14.0. The molecule has 0 unspecified atom stereocenters. The molecule has 2 aromatic carbocycles. The summed E-state index contributed by atoms with van der Waals surface area (Å²) in [5, 5.41) is 11.2. The smallest absolute Gasteiger partial charge is 0.217 e. The number of halogens is 1. The Morgan fingerprint density at radius 3 is 2.03 bits per heavy atom.